The summed E-state index contributed by atoms with van der Waals surface area (Å²) >= 11 is 0. The summed E-state index contributed by atoms with van der Waals surface area (Å²) in [6, 6.07) is 0.707. The van der Waals surface area contributed by atoms with Crippen molar-refractivity contribution in [3.8, 4) is 0 Å². The Balaban J connectivity index is 2.96. The van der Waals surface area contributed by atoms with E-state index in [1.165, 1.54) is 0 Å². The summed E-state index contributed by atoms with van der Waals surface area (Å²) in [5.74, 6) is -3.11. The number of allylic oxidation sites excluding steroid dienone is 1. The van der Waals surface area contributed by atoms with Crippen LogP contribution in [0.3, 0.4) is 0 Å². The van der Waals surface area contributed by atoms with Gasteiger partial charge in [-0.1, -0.05) is 6.08 Å². The molecule has 4 heteroatoms. The van der Waals surface area contributed by atoms with Gasteiger partial charge in [-0.2, -0.15) is 0 Å². The number of benzene rings is 1. The van der Waals surface area contributed by atoms with Crippen LogP contribution in [0.2, 0.25) is 0 Å². The molecule has 0 saturated carbocycles. The largest absolute Gasteiger partial charge is 0.324 e. The molecular formula is C11H12F3N. The molecule has 0 radical (unpaired) electrons. The molecule has 1 nitrogen and oxygen atoms in total. The van der Waals surface area contributed by atoms with Gasteiger partial charge in [0.15, 0.2) is 11.6 Å². The SMILES string of the molecule is C=CCC[C@@H](N)c1cc(F)cc(F)c1F. The minimum Gasteiger partial charge on any atom is -0.324 e. The first kappa shape index (κ1) is 11.8. The first-order valence-corrected chi connectivity index (χ1v) is 4.57. The van der Waals surface area contributed by atoms with Gasteiger partial charge in [-0.05, 0) is 18.9 Å². The van der Waals surface area contributed by atoms with Crippen LogP contribution in [0.1, 0.15) is 24.4 Å². The molecule has 2 N–H and O–H groups in total. The Morgan fingerprint density at radius 1 is 1.33 bits per heavy atom. The fourth-order valence-corrected chi connectivity index (χ4v) is 1.30. The predicted molar refractivity (Wildman–Crippen MR) is 52.7 cm³/mol. The molecule has 0 aliphatic heterocycles. The van der Waals surface area contributed by atoms with Gasteiger partial charge in [0, 0.05) is 17.7 Å². The minimum absolute atomic E-state index is 0.130. The topological polar surface area (TPSA) is 26.0 Å². The number of nitrogens with two attached hydrogens (primary N) is 1. The first-order valence-electron chi connectivity index (χ1n) is 4.57. The Bertz CT molecular complexity index is 363. The van der Waals surface area contributed by atoms with Gasteiger partial charge in [-0.3, -0.25) is 0 Å². The molecule has 15 heavy (non-hydrogen) atoms. The van der Waals surface area contributed by atoms with Crippen molar-refractivity contribution in [2.75, 3.05) is 0 Å². The van der Waals surface area contributed by atoms with Crippen molar-refractivity contribution >= 4 is 0 Å². The van der Waals surface area contributed by atoms with Crippen LogP contribution in [0.25, 0.3) is 0 Å². The van der Waals surface area contributed by atoms with Gasteiger partial charge in [0.1, 0.15) is 5.82 Å². The standard InChI is InChI=1S/C11H12F3N/c1-2-3-4-10(15)8-5-7(12)6-9(13)11(8)14/h2,5-6,10H,1,3-4,15H2/t10-/m1/s1. The van der Waals surface area contributed by atoms with Crippen molar-refractivity contribution in [3.63, 3.8) is 0 Å². The molecule has 0 heterocycles. The molecule has 0 amide bonds. The molecule has 0 aromatic heterocycles. The Morgan fingerprint density at radius 2 is 2.00 bits per heavy atom. The zero-order valence-electron chi connectivity index (χ0n) is 8.14. The molecule has 0 unspecified atom stereocenters. The van der Waals surface area contributed by atoms with Crippen LogP contribution in [0.5, 0.6) is 0 Å². The third-order valence-electron chi connectivity index (χ3n) is 2.10. The summed E-state index contributed by atoms with van der Waals surface area (Å²) in [6.45, 7) is 3.49. The third kappa shape index (κ3) is 2.83. The van der Waals surface area contributed by atoms with Crippen LogP contribution in [0, 0.1) is 17.5 Å². The van der Waals surface area contributed by atoms with Gasteiger partial charge in [-0.15, -0.1) is 6.58 Å². The van der Waals surface area contributed by atoms with Crippen molar-refractivity contribution < 1.29 is 13.2 Å². The van der Waals surface area contributed by atoms with E-state index in [0.717, 1.165) is 6.07 Å². The molecule has 0 aliphatic rings. The highest BCUT2D eigenvalue weighted by Crippen LogP contribution is 2.22. The maximum atomic E-state index is 13.2. The molecule has 1 aromatic rings. The second kappa shape index (κ2) is 4.98. The molecule has 0 saturated heterocycles. The van der Waals surface area contributed by atoms with Crippen LogP contribution in [-0.2, 0) is 0 Å². The lowest BCUT2D eigenvalue weighted by Gasteiger charge is -2.12. The van der Waals surface area contributed by atoms with Crippen molar-refractivity contribution in [2.24, 2.45) is 5.73 Å². The molecule has 1 rings (SSSR count). The number of rotatable bonds is 4. The van der Waals surface area contributed by atoms with Gasteiger partial charge in [0.2, 0.25) is 0 Å². The highest BCUT2D eigenvalue weighted by Gasteiger charge is 2.16. The second-order valence-corrected chi connectivity index (χ2v) is 3.26. The Morgan fingerprint density at radius 3 is 2.60 bits per heavy atom. The summed E-state index contributed by atoms with van der Waals surface area (Å²) in [7, 11) is 0. The lowest BCUT2D eigenvalue weighted by atomic mass is 10.0. The van der Waals surface area contributed by atoms with E-state index in [0.29, 0.717) is 18.9 Å². The number of hydrogen-bond donors (Lipinski definition) is 1. The first-order chi connectivity index (χ1) is 7.06. The van der Waals surface area contributed by atoms with E-state index in [9.17, 15) is 13.2 Å². The summed E-state index contributed by atoms with van der Waals surface area (Å²) in [5, 5.41) is 0. The summed E-state index contributed by atoms with van der Waals surface area (Å²) < 4.78 is 38.9. The van der Waals surface area contributed by atoms with Crippen LogP contribution in [-0.4, -0.2) is 0 Å². The molecule has 82 valence electrons. The van der Waals surface area contributed by atoms with E-state index < -0.39 is 23.5 Å². The van der Waals surface area contributed by atoms with E-state index in [1.807, 2.05) is 0 Å². The quantitative estimate of drug-likeness (QED) is 0.606. The molecule has 1 atom stereocenters. The maximum Gasteiger partial charge on any atom is 0.163 e. The summed E-state index contributed by atoms with van der Waals surface area (Å²) in [4.78, 5) is 0. The lowest BCUT2D eigenvalue weighted by Crippen LogP contribution is -2.13. The van der Waals surface area contributed by atoms with E-state index in [1.54, 1.807) is 6.08 Å². The predicted octanol–water partition coefficient (Wildman–Crippen LogP) is 3.07. The fourth-order valence-electron chi connectivity index (χ4n) is 1.30. The van der Waals surface area contributed by atoms with Gasteiger partial charge >= 0.3 is 0 Å². The van der Waals surface area contributed by atoms with E-state index in [-0.39, 0.29) is 5.56 Å². The highest BCUT2D eigenvalue weighted by atomic mass is 19.2. The molecule has 0 aliphatic carbocycles. The van der Waals surface area contributed by atoms with E-state index in [4.69, 9.17) is 5.73 Å². The summed E-state index contributed by atoms with van der Waals surface area (Å²) in [5.41, 5.74) is 5.47. The van der Waals surface area contributed by atoms with Gasteiger partial charge in [0.05, 0.1) is 0 Å². The van der Waals surface area contributed by atoms with Crippen molar-refractivity contribution in [2.45, 2.75) is 18.9 Å². The van der Waals surface area contributed by atoms with E-state index in [2.05, 4.69) is 6.58 Å². The average molecular weight is 215 g/mol. The lowest BCUT2D eigenvalue weighted by molar-refractivity contribution is 0.470. The average Bonchev–Trinajstić information content (AvgIpc) is 2.19. The zero-order chi connectivity index (χ0) is 11.4. The Labute approximate surface area is 86.4 Å². The van der Waals surface area contributed by atoms with Crippen LogP contribution >= 0.6 is 0 Å². The molecule has 0 fully saturated rings. The molecule has 0 spiro atoms. The Hall–Kier alpha value is -1.29. The van der Waals surface area contributed by atoms with Crippen molar-refractivity contribution in [1.29, 1.82) is 0 Å². The molecule has 0 bridgehead atoms. The maximum absolute atomic E-state index is 13.2. The Kier molecular flexibility index (Phi) is 3.91. The van der Waals surface area contributed by atoms with Gasteiger partial charge in [-0.25, -0.2) is 13.2 Å². The van der Waals surface area contributed by atoms with Crippen LogP contribution in [0.15, 0.2) is 24.8 Å². The number of hydrogen-bond acceptors (Lipinski definition) is 1. The molecule has 1 aromatic carbocycles. The normalized spacial score (nSPS) is 12.5. The van der Waals surface area contributed by atoms with Crippen LogP contribution in [0.4, 0.5) is 13.2 Å². The van der Waals surface area contributed by atoms with Gasteiger partial charge in [0.25, 0.3) is 0 Å². The monoisotopic (exact) mass is 215 g/mol. The zero-order valence-corrected chi connectivity index (χ0v) is 8.14. The fraction of sp³-hybridized carbons (Fsp3) is 0.273. The van der Waals surface area contributed by atoms with Crippen LogP contribution < -0.4 is 5.73 Å². The summed E-state index contributed by atoms with van der Waals surface area (Å²) in [6.07, 6.45) is 2.59. The highest BCUT2D eigenvalue weighted by molar-refractivity contribution is 5.23. The van der Waals surface area contributed by atoms with E-state index >= 15 is 0 Å². The smallest absolute Gasteiger partial charge is 0.163 e. The van der Waals surface area contributed by atoms with Gasteiger partial charge < -0.3 is 5.73 Å². The second-order valence-electron chi connectivity index (χ2n) is 3.26. The minimum atomic E-state index is -1.21. The molecular weight excluding hydrogens is 203 g/mol. The third-order valence-corrected chi connectivity index (χ3v) is 2.10. The van der Waals surface area contributed by atoms with Crippen molar-refractivity contribution in [1.82, 2.24) is 0 Å². The number of halogens is 3. The van der Waals surface area contributed by atoms with Crippen molar-refractivity contribution in [3.05, 3.63) is 47.8 Å².